The largest absolute Gasteiger partial charge is 0.248 e. The Balaban J connectivity index is 2.28. The quantitative estimate of drug-likeness (QED) is 0.636. The molecule has 0 unspecified atom stereocenters. The molecule has 0 aliphatic rings. The van der Waals surface area contributed by atoms with E-state index in [2.05, 4.69) is 20.3 Å². The van der Waals surface area contributed by atoms with E-state index in [-0.39, 0.29) is 5.16 Å². The number of hydrogen-bond acceptors (Lipinski definition) is 6. The summed E-state index contributed by atoms with van der Waals surface area (Å²) in [5.74, 6) is 0. The van der Waals surface area contributed by atoms with Crippen LogP contribution in [0.1, 0.15) is 0 Å². The molecule has 1 aromatic carbocycles. The molecular formula is C11H9N5O2S. The Labute approximate surface area is 108 Å². The number of hydrogen-bond donors (Lipinski definition) is 0. The molecule has 19 heavy (non-hydrogen) atoms. The summed E-state index contributed by atoms with van der Waals surface area (Å²) in [5, 5.41) is 7.63. The summed E-state index contributed by atoms with van der Waals surface area (Å²) in [6, 6.07) is 9.23. The van der Waals surface area contributed by atoms with E-state index in [9.17, 15) is 8.42 Å². The second kappa shape index (κ2) is 4.09. The van der Waals surface area contributed by atoms with Crippen molar-refractivity contribution in [3.63, 3.8) is 0 Å². The highest BCUT2D eigenvalue weighted by molar-refractivity contribution is 7.90. The van der Waals surface area contributed by atoms with Crippen molar-refractivity contribution in [1.82, 2.24) is 25.0 Å². The van der Waals surface area contributed by atoms with Crippen LogP contribution in [-0.4, -0.2) is 39.6 Å². The van der Waals surface area contributed by atoms with Crippen molar-refractivity contribution in [2.75, 3.05) is 6.26 Å². The molecule has 0 radical (unpaired) electrons. The van der Waals surface area contributed by atoms with Gasteiger partial charge in [-0.3, -0.25) is 0 Å². The fourth-order valence-corrected chi connectivity index (χ4v) is 2.13. The zero-order valence-electron chi connectivity index (χ0n) is 9.92. The monoisotopic (exact) mass is 275 g/mol. The van der Waals surface area contributed by atoms with Crippen molar-refractivity contribution < 1.29 is 8.42 Å². The number of nitrogens with zero attached hydrogens (tertiary/aromatic N) is 5. The van der Waals surface area contributed by atoms with Crippen LogP contribution < -0.4 is 0 Å². The summed E-state index contributed by atoms with van der Waals surface area (Å²) in [5.41, 5.74) is 1.56. The lowest BCUT2D eigenvalue weighted by molar-refractivity contribution is 0.593. The van der Waals surface area contributed by atoms with Gasteiger partial charge in [-0.15, -0.1) is 5.10 Å². The van der Waals surface area contributed by atoms with Gasteiger partial charge in [0.15, 0.2) is 11.2 Å². The molecule has 0 spiro atoms. The first-order chi connectivity index (χ1) is 9.05. The Morgan fingerprint density at radius 3 is 2.58 bits per heavy atom. The molecule has 0 atom stereocenters. The van der Waals surface area contributed by atoms with E-state index in [1.165, 1.54) is 10.9 Å². The molecule has 8 heteroatoms. The first kappa shape index (κ1) is 11.7. The lowest BCUT2D eigenvalue weighted by atomic mass is 10.3. The molecule has 0 fully saturated rings. The summed E-state index contributed by atoms with van der Waals surface area (Å²) < 4.78 is 24.4. The summed E-state index contributed by atoms with van der Waals surface area (Å²) in [6.45, 7) is 0. The van der Waals surface area contributed by atoms with Gasteiger partial charge in [-0.05, 0) is 12.1 Å². The number of rotatable bonds is 2. The summed E-state index contributed by atoms with van der Waals surface area (Å²) in [7, 11) is -3.46. The average molecular weight is 275 g/mol. The van der Waals surface area contributed by atoms with Crippen molar-refractivity contribution >= 4 is 21.0 Å². The van der Waals surface area contributed by atoms with E-state index in [0.29, 0.717) is 11.2 Å². The molecule has 7 nitrogen and oxygen atoms in total. The fraction of sp³-hybridized carbons (Fsp3) is 0.0909. The molecule has 2 aromatic heterocycles. The molecule has 0 aliphatic carbocycles. The molecule has 3 rings (SSSR count). The van der Waals surface area contributed by atoms with Gasteiger partial charge in [-0.25, -0.2) is 13.4 Å². The predicted octanol–water partition coefficient (Wildman–Crippen LogP) is 0.614. The molecule has 0 saturated carbocycles. The highest BCUT2D eigenvalue weighted by Crippen LogP contribution is 2.14. The van der Waals surface area contributed by atoms with Crippen LogP contribution in [0.15, 0.2) is 41.7 Å². The van der Waals surface area contributed by atoms with E-state index >= 15 is 0 Å². The topological polar surface area (TPSA) is 90.6 Å². The van der Waals surface area contributed by atoms with Gasteiger partial charge < -0.3 is 0 Å². The van der Waals surface area contributed by atoms with Crippen LogP contribution >= 0.6 is 0 Å². The maximum Gasteiger partial charge on any atom is 0.248 e. The van der Waals surface area contributed by atoms with Crippen molar-refractivity contribution in [2.45, 2.75) is 5.16 Å². The summed E-state index contributed by atoms with van der Waals surface area (Å²) >= 11 is 0. The molecule has 3 aromatic rings. The summed E-state index contributed by atoms with van der Waals surface area (Å²) in [4.78, 5) is 7.79. The highest BCUT2D eigenvalue weighted by Gasteiger charge is 2.15. The normalized spacial score (nSPS) is 11.8. The minimum absolute atomic E-state index is 0.237. The minimum Gasteiger partial charge on any atom is -0.224 e. The van der Waals surface area contributed by atoms with Crippen LogP contribution in [0.2, 0.25) is 0 Å². The van der Waals surface area contributed by atoms with E-state index in [1.807, 2.05) is 30.3 Å². The van der Waals surface area contributed by atoms with Gasteiger partial charge in [0.1, 0.15) is 0 Å². The van der Waals surface area contributed by atoms with Crippen molar-refractivity contribution in [3.8, 4) is 5.69 Å². The van der Waals surface area contributed by atoms with Gasteiger partial charge in [-0.2, -0.15) is 9.67 Å². The molecular weight excluding hydrogens is 266 g/mol. The zero-order chi connectivity index (χ0) is 13.5. The molecule has 0 aliphatic heterocycles. The highest BCUT2D eigenvalue weighted by atomic mass is 32.2. The summed E-state index contributed by atoms with van der Waals surface area (Å²) in [6.07, 6.45) is 2.41. The molecule has 0 saturated heterocycles. The molecule has 2 heterocycles. The molecule has 0 N–H and O–H groups in total. The maximum absolute atomic E-state index is 11.5. The minimum atomic E-state index is -3.46. The van der Waals surface area contributed by atoms with Gasteiger partial charge >= 0.3 is 0 Å². The van der Waals surface area contributed by atoms with Crippen LogP contribution in [-0.2, 0) is 9.84 Å². The SMILES string of the molecule is CS(=O)(=O)c1ncc2nnn(-c3ccccc3)c2n1. The van der Waals surface area contributed by atoms with Crippen LogP contribution in [0.25, 0.3) is 16.9 Å². The number of sulfone groups is 1. The van der Waals surface area contributed by atoms with E-state index in [1.54, 1.807) is 0 Å². The lowest BCUT2D eigenvalue weighted by Gasteiger charge is -2.01. The zero-order valence-corrected chi connectivity index (χ0v) is 10.7. The molecule has 0 amide bonds. The standard InChI is InChI=1S/C11H9N5O2S/c1-19(17,18)11-12-7-9-10(13-11)16(15-14-9)8-5-3-2-4-6-8/h2-7H,1H3. The third kappa shape index (κ3) is 2.06. The predicted molar refractivity (Wildman–Crippen MR) is 67.6 cm³/mol. The third-order valence-electron chi connectivity index (χ3n) is 2.50. The van der Waals surface area contributed by atoms with E-state index < -0.39 is 9.84 Å². The van der Waals surface area contributed by atoms with E-state index in [4.69, 9.17) is 0 Å². The van der Waals surface area contributed by atoms with Gasteiger partial charge in [0.25, 0.3) is 0 Å². The van der Waals surface area contributed by atoms with Gasteiger partial charge in [-0.1, -0.05) is 23.4 Å². The first-order valence-corrected chi connectivity index (χ1v) is 7.29. The Morgan fingerprint density at radius 1 is 1.16 bits per heavy atom. The van der Waals surface area contributed by atoms with Gasteiger partial charge in [0.2, 0.25) is 15.0 Å². The fourth-order valence-electron chi connectivity index (χ4n) is 1.63. The van der Waals surface area contributed by atoms with Gasteiger partial charge in [0.05, 0.1) is 11.9 Å². The second-order valence-electron chi connectivity index (χ2n) is 3.97. The lowest BCUT2D eigenvalue weighted by Crippen LogP contribution is -2.05. The average Bonchev–Trinajstić information content (AvgIpc) is 2.81. The van der Waals surface area contributed by atoms with Crippen molar-refractivity contribution in [3.05, 3.63) is 36.5 Å². The molecule has 0 bridgehead atoms. The Hall–Kier alpha value is -2.35. The number of aromatic nitrogens is 5. The Kier molecular flexibility index (Phi) is 2.53. The van der Waals surface area contributed by atoms with Crippen molar-refractivity contribution in [2.24, 2.45) is 0 Å². The number of para-hydroxylation sites is 1. The first-order valence-electron chi connectivity index (χ1n) is 5.39. The van der Waals surface area contributed by atoms with Gasteiger partial charge in [0, 0.05) is 6.26 Å². The third-order valence-corrected chi connectivity index (χ3v) is 3.36. The maximum atomic E-state index is 11.5. The number of benzene rings is 1. The van der Waals surface area contributed by atoms with Crippen LogP contribution in [0.5, 0.6) is 0 Å². The van der Waals surface area contributed by atoms with Crippen LogP contribution in [0.4, 0.5) is 0 Å². The van der Waals surface area contributed by atoms with Crippen molar-refractivity contribution in [1.29, 1.82) is 0 Å². The van der Waals surface area contributed by atoms with Crippen LogP contribution in [0, 0.1) is 0 Å². The smallest absolute Gasteiger partial charge is 0.224 e. The number of fused-ring (bicyclic) bond motifs is 1. The van der Waals surface area contributed by atoms with E-state index in [0.717, 1.165) is 11.9 Å². The second-order valence-corrected chi connectivity index (χ2v) is 5.88. The Morgan fingerprint density at radius 2 is 1.89 bits per heavy atom. The molecule has 96 valence electrons. The van der Waals surface area contributed by atoms with Crippen LogP contribution in [0.3, 0.4) is 0 Å². The Bertz CT molecular complexity index is 842.